The summed E-state index contributed by atoms with van der Waals surface area (Å²) in [6, 6.07) is 0. The van der Waals surface area contributed by atoms with E-state index in [9.17, 15) is 9.59 Å². The summed E-state index contributed by atoms with van der Waals surface area (Å²) in [4.78, 5) is 23.1. The molecule has 0 spiro atoms. The lowest BCUT2D eigenvalue weighted by atomic mass is 10.2. The standard InChI is InChI=1S/C14H26O6/c1-6-17-9-8-13(18-7-2)19-11(15)10-12(16)20-14(3,4)5/h13H,6-10H2,1-5H3. The minimum absolute atomic E-state index is 0.413. The van der Waals surface area contributed by atoms with Crippen molar-refractivity contribution in [3.05, 3.63) is 0 Å². The highest BCUT2D eigenvalue weighted by Crippen LogP contribution is 2.10. The molecule has 1 atom stereocenters. The van der Waals surface area contributed by atoms with Crippen molar-refractivity contribution in [1.29, 1.82) is 0 Å². The molecular formula is C14H26O6. The van der Waals surface area contributed by atoms with Crippen LogP contribution in [0.3, 0.4) is 0 Å². The molecule has 0 N–H and O–H groups in total. The molecule has 0 aromatic heterocycles. The van der Waals surface area contributed by atoms with Crippen molar-refractivity contribution in [3.63, 3.8) is 0 Å². The van der Waals surface area contributed by atoms with E-state index in [-0.39, 0.29) is 0 Å². The fourth-order valence-corrected chi connectivity index (χ4v) is 1.37. The Hall–Kier alpha value is -1.14. The maximum absolute atomic E-state index is 11.6. The molecule has 0 amide bonds. The molecule has 0 saturated carbocycles. The monoisotopic (exact) mass is 290 g/mol. The van der Waals surface area contributed by atoms with Gasteiger partial charge in [-0.25, -0.2) is 0 Å². The summed E-state index contributed by atoms with van der Waals surface area (Å²) in [5.41, 5.74) is -0.619. The first kappa shape index (κ1) is 18.9. The molecule has 0 bridgehead atoms. The molecule has 0 aromatic rings. The normalized spacial score (nSPS) is 12.8. The van der Waals surface area contributed by atoms with Gasteiger partial charge < -0.3 is 18.9 Å². The van der Waals surface area contributed by atoms with E-state index in [4.69, 9.17) is 18.9 Å². The first-order chi connectivity index (χ1) is 9.28. The van der Waals surface area contributed by atoms with Gasteiger partial charge >= 0.3 is 11.9 Å². The van der Waals surface area contributed by atoms with E-state index >= 15 is 0 Å². The van der Waals surface area contributed by atoms with Crippen molar-refractivity contribution >= 4 is 11.9 Å². The smallest absolute Gasteiger partial charge is 0.319 e. The van der Waals surface area contributed by atoms with Crippen LogP contribution in [0.1, 0.15) is 47.5 Å². The van der Waals surface area contributed by atoms with Gasteiger partial charge in [-0.1, -0.05) is 0 Å². The van der Waals surface area contributed by atoms with Crippen LogP contribution in [0.2, 0.25) is 0 Å². The van der Waals surface area contributed by atoms with Gasteiger partial charge in [-0.2, -0.15) is 0 Å². The Morgan fingerprint density at radius 1 is 1.05 bits per heavy atom. The zero-order valence-corrected chi connectivity index (χ0v) is 13.1. The number of carbonyl (C=O) groups is 2. The average Bonchev–Trinajstić information content (AvgIpc) is 2.26. The Labute approximate surface area is 120 Å². The average molecular weight is 290 g/mol. The predicted molar refractivity (Wildman–Crippen MR) is 73.1 cm³/mol. The molecule has 118 valence electrons. The van der Waals surface area contributed by atoms with Gasteiger partial charge in [0.05, 0.1) is 6.61 Å². The van der Waals surface area contributed by atoms with Gasteiger partial charge in [0.15, 0.2) is 0 Å². The van der Waals surface area contributed by atoms with Crippen LogP contribution in [0.4, 0.5) is 0 Å². The van der Waals surface area contributed by atoms with Crippen LogP contribution >= 0.6 is 0 Å². The number of ether oxygens (including phenoxy) is 4. The maximum Gasteiger partial charge on any atom is 0.319 e. The highest BCUT2D eigenvalue weighted by Gasteiger charge is 2.22. The fraction of sp³-hybridized carbons (Fsp3) is 0.857. The third-order valence-corrected chi connectivity index (χ3v) is 2.03. The zero-order valence-electron chi connectivity index (χ0n) is 13.1. The summed E-state index contributed by atoms with van der Waals surface area (Å²) in [6.07, 6.45) is -0.682. The third-order valence-electron chi connectivity index (χ3n) is 2.03. The van der Waals surface area contributed by atoms with E-state index in [1.165, 1.54) is 0 Å². The molecule has 0 aliphatic carbocycles. The third kappa shape index (κ3) is 10.8. The van der Waals surface area contributed by atoms with Crippen LogP contribution in [0.25, 0.3) is 0 Å². The second kappa shape index (κ2) is 9.72. The van der Waals surface area contributed by atoms with Gasteiger partial charge in [-0.05, 0) is 34.6 Å². The van der Waals surface area contributed by atoms with Gasteiger partial charge in [0.1, 0.15) is 12.0 Å². The minimum Gasteiger partial charge on any atom is -0.460 e. The molecule has 0 aliphatic rings. The molecule has 0 rings (SSSR count). The molecule has 0 saturated heterocycles. The highest BCUT2D eigenvalue weighted by molar-refractivity contribution is 5.91. The van der Waals surface area contributed by atoms with Crippen molar-refractivity contribution in [3.8, 4) is 0 Å². The van der Waals surface area contributed by atoms with E-state index in [0.717, 1.165) is 0 Å². The Morgan fingerprint density at radius 3 is 2.20 bits per heavy atom. The van der Waals surface area contributed by atoms with E-state index in [2.05, 4.69) is 0 Å². The first-order valence-electron chi connectivity index (χ1n) is 6.89. The molecule has 0 fully saturated rings. The van der Waals surface area contributed by atoms with Crippen molar-refractivity contribution < 1.29 is 28.5 Å². The van der Waals surface area contributed by atoms with Crippen molar-refractivity contribution in [2.24, 2.45) is 0 Å². The van der Waals surface area contributed by atoms with Crippen LogP contribution in [0, 0.1) is 0 Å². The summed E-state index contributed by atoms with van der Waals surface area (Å²) in [7, 11) is 0. The lowest BCUT2D eigenvalue weighted by molar-refractivity contribution is -0.184. The molecular weight excluding hydrogens is 264 g/mol. The number of carbonyl (C=O) groups excluding carboxylic acids is 2. The van der Waals surface area contributed by atoms with Crippen LogP contribution in [-0.2, 0) is 28.5 Å². The summed E-state index contributed by atoms with van der Waals surface area (Å²) in [5.74, 6) is -1.27. The van der Waals surface area contributed by atoms with Gasteiger partial charge in [0, 0.05) is 19.6 Å². The van der Waals surface area contributed by atoms with Crippen molar-refractivity contribution in [2.45, 2.75) is 59.4 Å². The van der Waals surface area contributed by atoms with Crippen molar-refractivity contribution in [2.75, 3.05) is 19.8 Å². The number of rotatable bonds is 9. The topological polar surface area (TPSA) is 71.1 Å². The second-order valence-electron chi connectivity index (χ2n) is 5.12. The van der Waals surface area contributed by atoms with Gasteiger partial charge in [0.2, 0.25) is 6.29 Å². The van der Waals surface area contributed by atoms with E-state index in [1.54, 1.807) is 27.7 Å². The Kier molecular flexibility index (Phi) is 9.16. The Bertz CT molecular complexity index is 295. The van der Waals surface area contributed by atoms with Crippen molar-refractivity contribution in [1.82, 2.24) is 0 Å². The molecule has 20 heavy (non-hydrogen) atoms. The molecule has 0 radical (unpaired) electrons. The molecule has 1 unspecified atom stereocenters. The highest BCUT2D eigenvalue weighted by atomic mass is 16.7. The molecule has 0 heterocycles. The quantitative estimate of drug-likeness (QED) is 0.280. The first-order valence-corrected chi connectivity index (χ1v) is 6.89. The fourth-order valence-electron chi connectivity index (χ4n) is 1.37. The molecule has 6 nitrogen and oxygen atoms in total. The maximum atomic E-state index is 11.6. The number of esters is 2. The van der Waals surface area contributed by atoms with Crippen LogP contribution in [-0.4, -0.2) is 43.7 Å². The molecule has 0 aromatic carbocycles. The van der Waals surface area contributed by atoms with Crippen LogP contribution in [0.5, 0.6) is 0 Å². The van der Waals surface area contributed by atoms with Crippen LogP contribution in [0.15, 0.2) is 0 Å². The van der Waals surface area contributed by atoms with Crippen LogP contribution < -0.4 is 0 Å². The van der Waals surface area contributed by atoms with E-state index in [1.807, 2.05) is 6.92 Å². The zero-order chi connectivity index (χ0) is 15.6. The Morgan fingerprint density at radius 2 is 1.70 bits per heavy atom. The van der Waals surface area contributed by atoms with E-state index in [0.29, 0.717) is 26.2 Å². The van der Waals surface area contributed by atoms with Gasteiger partial charge in [-0.15, -0.1) is 0 Å². The lowest BCUT2D eigenvalue weighted by Gasteiger charge is -2.20. The summed E-state index contributed by atoms with van der Waals surface area (Å²) >= 11 is 0. The van der Waals surface area contributed by atoms with Gasteiger partial charge in [0.25, 0.3) is 0 Å². The van der Waals surface area contributed by atoms with E-state index < -0.39 is 30.3 Å². The number of hydrogen-bond donors (Lipinski definition) is 0. The summed E-state index contributed by atoms with van der Waals surface area (Å²) < 4.78 is 20.6. The lowest BCUT2D eigenvalue weighted by Crippen LogP contribution is -2.28. The summed E-state index contributed by atoms with van der Waals surface area (Å²) in [6.45, 7) is 10.3. The minimum atomic E-state index is -0.693. The predicted octanol–water partition coefficient (Wildman–Crippen LogP) is 2.05. The van der Waals surface area contributed by atoms with Gasteiger partial charge in [-0.3, -0.25) is 9.59 Å². The molecule has 6 heteroatoms. The molecule has 0 aliphatic heterocycles. The number of hydrogen-bond acceptors (Lipinski definition) is 6. The second-order valence-corrected chi connectivity index (χ2v) is 5.12. The SMILES string of the molecule is CCOCCC(OCC)OC(=O)CC(=O)OC(C)(C)C. The Balaban J connectivity index is 4.14. The largest absolute Gasteiger partial charge is 0.460 e. The summed E-state index contributed by atoms with van der Waals surface area (Å²) in [5, 5.41) is 0.